The number of nitrogens with zero attached hydrogens (tertiary/aromatic N) is 2. The zero-order valence-corrected chi connectivity index (χ0v) is 18.0. The molecule has 0 saturated carbocycles. The molecule has 168 valence electrons. The number of rotatable bonds is 3. The van der Waals surface area contributed by atoms with Crippen molar-refractivity contribution in [3.8, 4) is 5.75 Å². The topological polar surface area (TPSA) is 99.2 Å². The van der Waals surface area contributed by atoms with Crippen molar-refractivity contribution in [3.63, 3.8) is 0 Å². The fourth-order valence-electron chi connectivity index (χ4n) is 4.44. The van der Waals surface area contributed by atoms with Crippen molar-refractivity contribution in [1.82, 2.24) is 15.3 Å². The molecule has 0 aromatic heterocycles. The number of carbonyl (C=O) groups excluding carboxylic acids is 3. The summed E-state index contributed by atoms with van der Waals surface area (Å²) in [5.74, 6) is -0.162. The van der Waals surface area contributed by atoms with Crippen LogP contribution in [0.25, 0.3) is 0 Å². The normalized spacial score (nSPS) is 18.9. The van der Waals surface area contributed by atoms with E-state index in [2.05, 4.69) is 0 Å². The molecule has 2 aliphatic rings. The lowest BCUT2D eigenvalue weighted by Gasteiger charge is -2.36. The van der Waals surface area contributed by atoms with E-state index < -0.39 is 5.91 Å². The van der Waals surface area contributed by atoms with E-state index in [4.69, 9.17) is 9.94 Å². The van der Waals surface area contributed by atoms with Crippen molar-refractivity contribution in [2.45, 2.75) is 32.4 Å². The molecular weight excluding hydrogens is 410 g/mol. The molecule has 2 aromatic carbocycles. The number of amides is 3. The lowest BCUT2D eigenvalue weighted by molar-refractivity contribution is -0.143. The number of benzene rings is 2. The Hall–Kier alpha value is -3.39. The van der Waals surface area contributed by atoms with E-state index in [0.717, 1.165) is 11.1 Å². The summed E-state index contributed by atoms with van der Waals surface area (Å²) in [4.78, 5) is 40.8. The minimum atomic E-state index is -0.620. The standard InChI is InChI=1S/C24H27N3O5/c1-16(28)26-11-9-18(10-12-26)24(30)27-14-20-8-7-19(23(29)25-31)13-22(20)32-15-21(27)17-5-3-2-4-6-17/h2-8,13,18,21,31H,9-12,14-15H2,1H3,(H,25,29)/t21-/m1/s1. The molecule has 4 rings (SSSR count). The Morgan fingerprint density at radius 2 is 1.78 bits per heavy atom. The minimum absolute atomic E-state index is 0.0397. The Labute approximate surface area is 186 Å². The van der Waals surface area contributed by atoms with Gasteiger partial charge in [-0.25, -0.2) is 5.48 Å². The van der Waals surface area contributed by atoms with E-state index in [-0.39, 0.29) is 35.9 Å². The summed E-state index contributed by atoms with van der Waals surface area (Å²) in [6.07, 6.45) is 1.28. The molecule has 8 nitrogen and oxygen atoms in total. The summed E-state index contributed by atoms with van der Waals surface area (Å²) >= 11 is 0. The third kappa shape index (κ3) is 4.45. The van der Waals surface area contributed by atoms with Crippen molar-refractivity contribution in [1.29, 1.82) is 0 Å². The van der Waals surface area contributed by atoms with Crippen LogP contribution in [0.15, 0.2) is 48.5 Å². The minimum Gasteiger partial charge on any atom is -0.491 e. The van der Waals surface area contributed by atoms with Crippen LogP contribution in [-0.4, -0.2) is 52.4 Å². The molecule has 0 unspecified atom stereocenters. The second kappa shape index (κ2) is 9.40. The molecule has 3 amide bonds. The predicted molar refractivity (Wildman–Crippen MR) is 116 cm³/mol. The zero-order chi connectivity index (χ0) is 22.7. The molecule has 0 bridgehead atoms. The molecule has 1 atom stereocenters. The van der Waals surface area contributed by atoms with Crippen molar-refractivity contribution in [3.05, 3.63) is 65.2 Å². The smallest absolute Gasteiger partial charge is 0.274 e. The number of hydroxylamine groups is 1. The van der Waals surface area contributed by atoms with Gasteiger partial charge in [0.1, 0.15) is 12.4 Å². The van der Waals surface area contributed by atoms with Crippen LogP contribution in [0, 0.1) is 5.92 Å². The molecule has 1 saturated heterocycles. The second-order valence-corrected chi connectivity index (χ2v) is 8.25. The molecule has 1 fully saturated rings. The summed E-state index contributed by atoms with van der Waals surface area (Å²) in [6, 6.07) is 14.4. The van der Waals surface area contributed by atoms with Crippen LogP contribution < -0.4 is 10.2 Å². The van der Waals surface area contributed by atoms with Crippen molar-refractivity contribution < 1.29 is 24.3 Å². The van der Waals surface area contributed by atoms with Crippen LogP contribution in [0.4, 0.5) is 0 Å². The molecule has 32 heavy (non-hydrogen) atoms. The predicted octanol–water partition coefficient (Wildman–Crippen LogP) is 2.53. The van der Waals surface area contributed by atoms with Crippen LogP contribution in [-0.2, 0) is 16.1 Å². The number of hydrogen-bond acceptors (Lipinski definition) is 5. The summed E-state index contributed by atoms with van der Waals surface area (Å²) < 4.78 is 6.06. The molecule has 2 aliphatic heterocycles. The van der Waals surface area contributed by atoms with Crippen LogP contribution in [0.3, 0.4) is 0 Å². The molecule has 2 aromatic rings. The first-order chi connectivity index (χ1) is 15.5. The average molecular weight is 437 g/mol. The maximum atomic E-state index is 13.7. The highest BCUT2D eigenvalue weighted by Crippen LogP contribution is 2.34. The summed E-state index contributed by atoms with van der Waals surface area (Å²) in [6.45, 7) is 3.33. The molecular formula is C24H27N3O5. The fourth-order valence-corrected chi connectivity index (χ4v) is 4.44. The van der Waals surface area contributed by atoms with Gasteiger partial charge in [0.25, 0.3) is 5.91 Å². The third-order valence-corrected chi connectivity index (χ3v) is 6.30. The monoisotopic (exact) mass is 437 g/mol. The zero-order valence-electron chi connectivity index (χ0n) is 18.0. The molecule has 8 heteroatoms. The summed E-state index contributed by atoms with van der Waals surface area (Å²) in [5, 5.41) is 8.93. The van der Waals surface area contributed by atoms with Crippen LogP contribution in [0.5, 0.6) is 5.75 Å². The van der Waals surface area contributed by atoms with Crippen LogP contribution >= 0.6 is 0 Å². The number of carbonyl (C=O) groups is 3. The first kappa shape index (κ1) is 21.8. The average Bonchev–Trinajstić information content (AvgIpc) is 3.03. The van der Waals surface area contributed by atoms with E-state index in [1.807, 2.05) is 35.2 Å². The van der Waals surface area contributed by atoms with E-state index >= 15 is 0 Å². The maximum absolute atomic E-state index is 13.7. The van der Waals surface area contributed by atoms with Gasteiger partial charge in [-0.05, 0) is 30.5 Å². The quantitative estimate of drug-likeness (QED) is 0.568. The van der Waals surface area contributed by atoms with Gasteiger partial charge in [-0.2, -0.15) is 0 Å². The molecule has 2 heterocycles. The van der Waals surface area contributed by atoms with Gasteiger partial charge in [0.05, 0.1) is 12.6 Å². The number of piperidine rings is 1. The van der Waals surface area contributed by atoms with Crippen molar-refractivity contribution in [2.24, 2.45) is 5.92 Å². The molecule has 0 aliphatic carbocycles. The summed E-state index contributed by atoms with van der Waals surface area (Å²) in [5.41, 5.74) is 3.68. The van der Waals surface area contributed by atoms with Gasteiger partial charge < -0.3 is 14.5 Å². The first-order valence-corrected chi connectivity index (χ1v) is 10.8. The SMILES string of the molecule is CC(=O)N1CCC(C(=O)N2Cc3ccc(C(=O)NO)cc3OC[C@@H]2c2ccccc2)CC1. The Balaban J connectivity index is 1.63. The van der Waals surface area contributed by atoms with Gasteiger partial charge in [0.15, 0.2) is 0 Å². The van der Waals surface area contributed by atoms with Gasteiger partial charge in [0, 0.05) is 37.1 Å². The number of ether oxygens (including phenoxy) is 1. The van der Waals surface area contributed by atoms with E-state index in [0.29, 0.717) is 38.2 Å². The van der Waals surface area contributed by atoms with Gasteiger partial charge in [0.2, 0.25) is 11.8 Å². The second-order valence-electron chi connectivity index (χ2n) is 8.25. The van der Waals surface area contributed by atoms with Crippen molar-refractivity contribution >= 4 is 17.7 Å². The third-order valence-electron chi connectivity index (χ3n) is 6.30. The highest BCUT2D eigenvalue weighted by molar-refractivity contribution is 5.93. The highest BCUT2D eigenvalue weighted by Gasteiger charge is 2.35. The van der Waals surface area contributed by atoms with Crippen LogP contribution in [0.1, 0.15) is 47.3 Å². The van der Waals surface area contributed by atoms with Gasteiger partial charge >= 0.3 is 0 Å². The fraction of sp³-hybridized carbons (Fsp3) is 0.375. The Morgan fingerprint density at radius 1 is 1.06 bits per heavy atom. The lowest BCUT2D eigenvalue weighted by Crippen LogP contribution is -2.45. The Morgan fingerprint density at radius 3 is 2.44 bits per heavy atom. The maximum Gasteiger partial charge on any atom is 0.274 e. The summed E-state index contributed by atoms with van der Waals surface area (Å²) in [7, 11) is 0. The number of likely N-dealkylation sites (tertiary alicyclic amines) is 1. The highest BCUT2D eigenvalue weighted by atomic mass is 16.5. The number of nitrogens with one attached hydrogen (secondary N) is 1. The van der Waals surface area contributed by atoms with Crippen LogP contribution in [0.2, 0.25) is 0 Å². The van der Waals surface area contributed by atoms with Gasteiger partial charge in [-0.15, -0.1) is 0 Å². The van der Waals surface area contributed by atoms with Crippen molar-refractivity contribution in [2.75, 3.05) is 19.7 Å². The molecule has 0 spiro atoms. The van der Waals surface area contributed by atoms with E-state index in [1.165, 1.54) is 0 Å². The van der Waals surface area contributed by atoms with E-state index in [1.54, 1.807) is 35.5 Å². The first-order valence-electron chi connectivity index (χ1n) is 10.8. The Bertz CT molecular complexity index is 1000. The van der Waals surface area contributed by atoms with Gasteiger partial charge in [-0.3, -0.25) is 19.6 Å². The van der Waals surface area contributed by atoms with E-state index in [9.17, 15) is 14.4 Å². The number of hydrogen-bond donors (Lipinski definition) is 2. The van der Waals surface area contributed by atoms with Gasteiger partial charge in [-0.1, -0.05) is 36.4 Å². The Kier molecular flexibility index (Phi) is 6.41. The number of fused-ring (bicyclic) bond motifs is 1. The lowest BCUT2D eigenvalue weighted by atomic mass is 9.93. The molecule has 2 N–H and O–H groups in total. The molecule has 0 radical (unpaired) electrons. The largest absolute Gasteiger partial charge is 0.491 e.